The number of thioether (sulfide) groups is 1. The molecule has 0 saturated carbocycles. The van der Waals surface area contributed by atoms with Crippen molar-refractivity contribution in [1.29, 1.82) is 0 Å². The minimum absolute atomic E-state index is 0.0160. The van der Waals surface area contributed by atoms with Crippen molar-refractivity contribution >= 4 is 23.6 Å². The van der Waals surface area contributed by atoms with Crippen LogP contribution in [0.15, 0.2) is 18.2 Å². The van der Waals surface area contributed by atoms with E-state index >= 15 is 0 Å². The van der Waals surface area contributed by atoms with Gasteiger partial charge in [0, 0.05) is 7.11 Å². The first-order chi connectivity index (χ1) is 14.2. The molecule has 3 aliphatic rings. The van der Waals surface area contributed by atoms with Crippen LogP contribution in [0.25, 0.3) is 0 Å². The number of hydrogen-bond donors (Lipinski definition) is 1. The molecule has 1 aromatic rings. The smallest absolute Gasteiger partial charge is 0.248 e. The number of carbonyl (C=O) groups excluding carboxylic acids is 2. The van der Waals surface area contributed by atoms with Crippen LogP contribution < -0.4 is 14.4 Å². The number of rotatable bonds is 6. The Morgan fingerprint density at radius 3 is 2.76 bits per heavy atom. The monoisotopic (exact) mass is 422 g/mol. The first-order valence-electron chi connectivity index (χ1n) is 10.1. The number of nitrogens with one attached hydrogen (secondary N) is 1. The lowest BCUT2D eigenvalue weighted by atomic mass is 10.1. The molecule has 0 radical (unpaired) electrons. The molecule has 0 aromatic heterocycles. The van der Waals surface area contributed by atoms with Crippen molar-refractivity contribution in [2.75, 3.05) is 72.0 Å². The molecule has 0 bridgehead atoms. The van der Waals surface area contributed by atoms with Gasteiger partial charge in [-0.05, 0) is 17.7 Å². The van der Waals surface area contributed by atoms with E-state index in [-0.39, 0.29) is 23.8 Å². The van der Waals surface area contributed by atoms with Gasteiger partial charge >= 0.3 is 0 Å². The molecule has 3 aliphatic heterocycles. The Morgan fingerprint density at radius 1 is 1.24 bits per heavy atom. The lowest BCUT2D eigenvalue weighted by molar-refractivity contribution is -0.903. The van der Waals surface area contributed by atoms with Crippen LogP contribution in [0.2, 0.25) is 0 Å². The summed E-state index contributed by atoms with van der Waals surface area (Å²) >= 11 is 1.66. The van der Waals surface area contributed by atoms with Crippen molar-refractivity contribution in [2.45, 2.75) is 5.37 Å². The predicted octanol–water partition coefficient (Wildman–Crippen LogP) is -0.595. The molecule has 2 saturated heterocycles. The SMILES string of the molecule is COCC(=O)N1CC[NH+](CCN2C(=O)CS[C@H]2c2ccc3c(c2)OCCO3)CC1. The summed E-state index contributed by atoms with van der Waals surface area (Å²) in [6.45, 7) is 6.16. The molecule has 0 unspecified atom stereocenters. The van der Waals surface area contributed by atoms with Gasteiger partial charge in [0.2, 0.25) is 11.8 Å². The lowest BCUT2D eigenvalue weighted by Gasteiger charge is -2.33. The fraction of sp³-hybridized carbons (Fsp3) is 0.600. The minimum atomic E-state index is 0.0160. The summed E-state index contributed by atoms with van der Waals surface area (Å²) in [6.07, 6.45) is 0. The van der Waals surface area contributed by atoms with E-state index in [2.05, 4.69) is 0 Å². The largest absolute Gasteiger partial charge is 0.486 e. The number of hydrogen-bond acceptors (Lipinski definition) is 6. The van der Waals surface area contributed by atoms with Crippen molar-refractivity contribution < 1.29 is 28.7 Å². The number of nitrogens with zero attached hydrogens (tertiary/aromatic N) is 2. The standard InChI is InChI=1S/C20H27N3O5S/c1-26-13-18(24)22-7-4-21(5-8-22)6-9-23-19(25)14-29-20(23)15-2-3-16-17(12-15)28-11-10-27-16/h2-3,12,20H,4-11,13-14H2,1H3/p+1/t20-/m0/s1. The molecular weight excluding hydrogens is 394 g/mol. The third kappa shape index (κ3) is 4.62. The zero-order valence-electron chi connectivity index (χ0n) is 16.7. The van der Waals surface area contributed by atoms with E-state index in [9.17, 15) is 9.59 Å². The van der Waals surface area contributed by atoms with Crippen molar-refractivity contribution in [2.24, 2.45) is 0 Å². The molecular formula is C20H28N3O5S+. The molecule has 4 rings (SSSR count). The molecule has 158 valence electrons. The molecule has 29 heavy (non-hydrogen) atoms. The van der Waals surface area contributed by atoms with Gasteiger partial charge in [-0.3, -0.25) is 9.59 Å². The normalized spacial score (nSPS) is 22.2. The Labute approximate surface area is 175 Å². The third-order valence-corrected chi connectivity index (χ3v) is 6.87. The summed E-state index contributed by atoms with van der Waals surface area (Å²) < 4.78 is 16.2. The number of amides is 2. The quantitative estimate of drug-likeness (QED) is 0.661. The van der Waals surface area contributed by atoms with E-state index in [0.29, 0.717) is 25.5 Å². The first kappa shape index (κ1) is 20.3. The maximum absolute atomic E-state index is 12.5. The zero-order valence-corrected chi connectivity index (χ0v) is 17.5. The average Bonchev–Trinajstić information content (AvgIpc) is 3.12. The van der Waals surface area contributed by atoms with Crippen LogP contribution in [-0.4, -0.2) is 93.6 Å². The average molecular weight is 423 g/mol. The number of ether oxygens (including phenoxy) is 3. The van der Waals surface area contributed by atoms with Gasteiger partial charge in [0.25, 0.3) is 0 Å². The Balaban J connectivity index is 1.33. The Hall–Kier alpha value is -1.97. The summed E-state index contributed by atoms with van der Waals surface area (Å²) in [5.41, 5.74) is 1.08. The van der Waals surface area contributed by atoms with Gasteiger partial charge in [0.05, 0.1) is 45.0 Å². The number of piperazine rings is 1. The number of quaternary nitrogens is 1. The van der Waals surface area contributed by atoms with Crippen molar-refractivity contribution in [3.63, 3.8) is 0 Å². The molecule has 2 amide bonds. The highest BCUT2D eigenvalue weighted by atomic mass is 32.2. The van der Waals surface area contributed by atoms with E-state index in [1.807, 2.05) is 28.0 Å². The van der Waals surface area contributed by atoms with Crippen LogP contribution in [0.5, 0.6) is 11.5 Å². The summed E-state index contributed by atoms with van der Waals surface area (Å²) in [5, 5.41) is 0.0160. The summed E-state index contributed by atoms with van der Waals surface area (Å²) in [6, 6.07) is 5.97. The van der Waals surface area contributed by atoms with Gasteiger partial charge in [0.15, 0.2) is 11.5 Å². The second-order valence-electron chi connectivity index (χ2n) is 7.47. The maximum Gasteiger partial charge on any atom is 0.248 e. The summed E-state index contributed by atoms with van der Waals surface area (Å²) in [7, 11) is 1.54. The topological polar surface area (TPSA) is 72.8 Å². The molecule has 9 heteroatoms. The molecule has 0 spiro atoms. The van der Waals surface area contributed by atoms with Crippen LogP contribution in [0.4, 0.5) is 0 Å². The van der Waals surface area contributed by atoms with Gasteiger partial charge in [0.1, 0.15) is 25.2 Å². The number of benzene rings is 1. The van der Waals surface area contributed by atoms with Gasteiger partial charge in [-0.2, -0.15) is 0 Å². The maximum atomic E-state index is 12.5. The van der Waals surface area contributed by atoms with E-state index < -0.39 is 0 Å². The second-order valence-corrected chi connectivity index (χ2v) is 8.54. The lowest BCUT2D eigenvalue weighted by Crippen LogP contribution is -3.15. The number of methoxy groups -OCH3 is 1. The van der Waals surface area contributed by atoms with Crippen molar-refractivity contribution in [3.05, 3.63) is 23.8 Å². The van der Waals surface area contributed by atoms with Crippen LogP contribution in [0.3, 0.4) is 0 Å². The number of fused-ring (bicyclic) bond motifs is 1. The highest BCUT2D eigenvalue weighted by Gasteiger charge is 2.34. The van der Waals surface area contributed by atoms with Gasteiger partial charge in [-0.25, -0.2) is 0 Å². The van der Waals surface area contributed by atoms with E-state index in [0.717, 1.165) is 49.8 Å². The molecule has 1 aromatic carbocycles. The molecule has 1 N–H and O–H groups in total. The number of carbonyl (C=O) groups is 2. The van der Waals surface area contributed by atoms with Gasteiger partial charge < -0.3 is 28.9 Å². The fourth-order valence-corrected chi connectivity index (χ4v) is 5.21. The van der Waals surface area contributed by atoms with Gasteiger partial charge in [-0.1, -0.05) is 6.07 Å². The van der Waals surface area contributed by atoms with Crippen LogP contribution in [0.1, 0.15) is 10.9 Å². The zero-order chi connectivity index (χ0) is 20.2. The van der Waals surface area contributed by atoms with E-state index in [1.54, 1.807) is 18.9 Å². The molecule has 8 nitrogen and oxygen atoms in total. The molecule has 1 atom stereocenters. The molecule has 2 fully saturated rings. The third-order valence-electron chi connectivity index (χ3n) is 5.62. The summed E-state index contributed by atoms with van der Waals surface area (Å²) in [5.74, 6) is 2.27. The van der Waals surface area contributed by atoms with Crippen LogP contribution >= 0.6 is 11.8 Å². The van der Waals surface area contributed by atoms with E-state index in [1.165, 1.54) is 4.90 Å². The minimum Gasteiger partial charge on any atom is -0.486 e. The Bertz CT molecular complexity index is 754. The van der Waals surface area contributed by atoms with Crippen molar-refractivity contribution in [3.8, 4) is 11.5 Å². The van der Waals surface area contributed by atoms with Gasteiger partial charge in [-0.15, -0.1) is 11.8 Å². The highest BCUT2D eigenvalue weighted by molar-refractivity contribution is 8.00. The molecule has 3 heterocycles. The summed E-state index contributed by atoms with van der Waals surface area (Å²) in [4.78, 5) is 29.7. The first-order valence-corrected chi connectivity index (χ1v) is 11.1. The highest BCUT2D eigenvalue weighted by Crippen LogP contribution is 2.41. The van der Waals surface area contributed by atoms with Crippen molar-refractivity contribution in [1.82, 2.24) is 9.80 Å². The Kier molecular flexibility index (Phi) is 6.46. The predicted molar refractivity (Wildman–Crippen MR) is 108 cm³/mol. The fourth-order valence-electron chi connectivity index (χ4n) is 4.00. The Morgan fingerprint density at radius 2 is 2.00 bits per heavy atom. The molecule has 0 aliphatic carbocycles. The van der Waals surface area contributed by atoms with Crippen LogP contribution in [-0.2, 0) is 14.3 Å². The van der Waals surface area contributed by atoms with Crippen LogP contribution in [0, 0.1) is 0 Å². The van der Waals surface area contributed by atoms with E-state index in [4.69, 9.17) is 14.2 Å². The second kappa shape index (κ2) is 9.23.